The predicted molar refractivity (Wildman–Crippen MR) is 46.0 cm³/mol. The maximum Gasteiger partial charge on any atom is 0.00392 e. The number of nitrogens with two attached hydrogens (primary N) is 2. The van der Waals surface area contributed by atoms with E-state index in [1.165, 1.54) is 32.1 Å². The Morgan fingerprint density at radius 3 is 2.36 bits per heavy atom. The van der Waals surface area contributed by atoms with Crippen molar-refractivity contribution in [1.82, 2.24) is 0 Å². The van der Waals surface area contributed by atoms with E-state index < -0.39 is 0 Å². The molecule has 0 saturated heterocycles. The lowest BCUT2D eigenvalue weighted by molar-refractivity contribution is 0.283. The Hall–Kier alpha value is -0.0800. The molecule has 0 aliphatic heterocycles. The van der Waals surface area contributed by atoms with Gasteiger partial charge in [0.1, 0.15) is 0 Å². The van der Waals surface area contributed by atoms with Crippen LogP contribution in [0.5, 0.6) is 0 Å². The third kappa shape index (κ3) is 1.18. The maximum atomic E-state index is 5.84. The molecule has 1 unspecified atom stereocenters. The van der Waals surface area contributed by atoms with Gasteiger partial charge in [0.05, 0.1) is 0 Å². The van der Waals surface area contributed by atoms with Crippen LogP contribution in [0, 0.1) is 11.3 Å². The van der Waals surface area contributed by atoms with E-state index in [2.05, 4.69) is 0 Å². The highest BCUT2D eigenvalue weighted by Gasteiger charge is 2.53. The molecule has 2 heteroatoms. The normalized spacial score (nSPS) is 49.6. The summed E-state index contributed by atoms with van der Waals surface area (Å²) < 4.78 is 0. The van der Waals surface area contributed by atoms with Gasteiger partial charge in [0.2, 0.25) is 0 Å². The molecule has 0 amide bonds. The van der Waals surface area contributed by atoms with Crippen LogP contribution < -0.4 is 11.5 Å². The van der Waals surface area contributed by atoms with E-state index in [9.17, 15) is 0 Å². The Balaban J connectivity index is 1.89. The summed E-state index contributed by atoms with van der Waals surface area (Å²) >= 11 is 0. The van der Waals surface area contributed by atoms with Gasteiger partial charge in [-0.25, -0.2) is 0 Å². The molecule has 2 nitrogen and oxygen atoms in total. The lowest BCUT2D eigenvalue weighted by atomic mass is 9.82. The van der Waals surface area contributed by atoms with Gasteiger partial charge in [-0.05, 0) is 50.0 Å². The van der Waals surface area contributed by atoms with Gasteiger partial charge in [-0.15, -0.1) is 0 Å². The van der Waals surface area contributed by atoms with E-state index in [1.54, 1.807) is 0 Å². The highest BCUT2D eigenvalue weighted by atomic mass is 14.7. The maximum absolute atomic E-state index is 5.84. The Bertz CT molecular complexity index is 148. The molecule has 2 aliphatic carbocycles. The predicted octanol–water partition coefficient (Wildman–Crippen LogP) is 0.853. The average Bonchev–Trinajstić information content (AvgIpc) is 2.71. The molecule has 2 aliphatic rings. The number of hydrogen-bond donors (Lipinski definition) is 2. The van der Waals surface area contributed by atoms with Crippen molar-refractivity contribution >= 4 is 0 Å². The van der Waals surface area contributed by atoms with Gasteiger partial charge in [0.15, 0.2) is 0 Å². The lowest BCUT2D eigenvalue weighted by Gasteiger charge is -2.26. The smallest absolute Gasteiger partial charge is 0.00392 e. The van der Waals surface area contributed by atoms with Crippen LogP contribution in [0.2, 0.25) is 0 Å². The zero-order valence-corrected chi connectivity index (χ0v) is 7.05. The molecule has 11 heavy (non-hydrogen) atoms. The fraction of sp³-hybridized carbons (Fsp3) is 1.00. The van der Waals surface area contributed by atoms with Gasteiger partial charge in [0.25, 0.3) is 0 Å². The van der Waals surface area contributed by atoms with Crippen molar-refractivity contribution in [3.63, 3.8) is 0 Å². The van der Waals surface area contributed by atoms with Gasteiger partial charge in [0, 0.05) is 6.04 Å². The first-order chi connectivity index (χ1) is 5.27. The molecule has 0 heterocycles. The molecule has 0 radical (unpaired) electrons. The average molecular weight is 154 g/mol. The van der Waals surface area contributed by atoms with E-state index >= 15 is 0 Å². The van der Waals surface area contributed by atoms with Crippen LogP contribution in [0.4, 0.5) is 0 Å². The summed E-state index contributed by atoms with van der Waals surface area (Å²) in [5.41, 5.74) is 12.2. The highest BCUT2D eigenvalue weighted by molar-refractivity contribution is 5.05. The zero-order valence-electron chi connectivity index (χ0n) is 7.05. The van der Waals surface area contributed by atoms with Crippen molar-refractivity contribution < 1.29 is 0 Å². The van der Waals surface area contributed by atoms with Crippen molar-refractivity contribution in [2.75, 3.05) is 6.54 Å². The van der Waals surface area contributed by atoms with Crippen LogP contribution in [-0.2, 0) is 0 Å². The summed E-state index contributed by atoms with van der Waals surface area (Å²) in [5.74, 6) is 0.843. The quantitative estimate of drug-likeness (QED) is 0.588. The Kier molecular flexibility index (Phi) is 1.69. The number of hydrogen-bond acceptors (Lipinski definition) is 2. The SMILES string of the molecule is NCC1CC12CCC(N)CC2. The molecular weight excluding hydrogens is 136 g/mol. The van der Waals surface area contributed by atoms with E-state index in [0.29, 0.717) is 11.5 Å². The Morgan fingerprint density at radius 1 is 1.27 bits per heavy atom. The molecule has 4 N–H and O–H groups in total. The van der Waals surface area contributed by atoms with Crippen molar-refractivity contribution in [3.05, 3.63) is 0 Å². The summed E-state index contributed by atoms with van der Waals surface area (Å²) in [7, 11) is 0. The molecule has 0 aromatic carbocycles. The van der Waals surface area contributed by atoms with Crippen LogP contribution in [0.25, 0.3) is 0 Å². The second-order valence-corrected chi connectivity index (χ2v) is 4.34. The van der Waals surface area contributed by atoms with Crippen LogP contribution >= 0.6 is 0 Å². The fourth-order valence-corrected chi connectivity index (χ4v) is 2.59. The third-order valence-electron chi connectivity index (χ3n) is 3.67. The highest BCUT2D eigenvalue weighted by Crippen LogP contribution is 2.60. The van der Waals surface area contributed by atoms with Gasteiger partial charge >= 0.3 is 0 Å². The van der Waals surface area contributed by atoms with Gasteiger partial charge in [-0.1, -0.05) is 0 Å². The van der Waals surface area contributed by atoms with Crippen molar-refractivity contribution in [2.24, 2.45) is 22.8 Å². The number of rotatable bonds is 1. The Labute approximate surface area is 68.3 Å². The molecule has 0 bridgehead atoms. The van der Waals surface area contributed by atoms with Crippen molar-refractivity contribution in [1.29, 1.82) is 0 Å². The van der Waals surface area contributed by atoms with E-state index in [0.717, 1.165) is 12.5 Å². The molecule has 2 rings (SSSR count). The lowest BCUT2D eigenvalue weighted by Crippen LogP contribution is -2.28. The van der Waals surface area contributed by atoms with Crippen molar-refractivity contribution in [3.8, 4) is 0 Å². The third-order valence-corrected chi connectivity index (χ3v) is 3.67. The standard InChI is InChI=1S/C9H18N2/c10-6-7-5-9(7)3-1-8(11)2-4-9/h7-8H,1-6,10-11H2. The topological polar surface area (TPSA) is 52.0 Å². The second kappa shape index (κ2) is 2.46. The van der Waals surface area contributed by atoms with E-state index in [4.69, 9.17) is 11.5 Å². The van der Waals surface area contributed by atoms with Crippen LogP contribution in [-0.4, -0.2) is 12.6 Å². The minimum atomic E-state index is 0.486. The largest absolute Gasteiger partial charge is 0.330 e. The molecule has 2 fully saturated rings. The van der Waals surface area contributed by atoms with Gasteiger partial charge in [-0.2, -0.15) is 0 Å². The first-order valence-electron chi connectivity index (χ1n) is 4.72. The Morgan fingerprint density at radius 2 is 1.91 bits per heavy atom. The summed E-state index contributed by atoms with van der Waals surface area (Å²) in [6, 6.07) is 0.486. The zero-order chi connectivity index (χ0) is 7.90. The monoisotopic (exact) mass is 154 g/mol. The molecular formula is C9H18N2. The summed E-state index contributed by atoms with van der Waals surface area (Å²) in [6.45, 7) is 0.898. The molecule has 64 valence electrons. The summed E-state index contributed by atoms with van der Waals surface area (Å²) in [6.07, 6.45) is 6.54. The molecule has 1 atom stereocenters. The fourth-order valence-electron chi connectivity index (χ4n) is 2.59. The summed E-state index contributed by atoms with van der Waals surface area (Å²) in [4.78, 5) is 0. The molecule has 0 aromatic heterocycles. The molecule has 1 spiro atoms. The van der Waals surface area contributed by atoms with Crippen LogP contribution in [0.1, 0.15) is 32.1 Å². The van der Waals surface area contributed by atoms with E-state index in [1.807, 2.05) is 0 Å². The minimum absolute atomic E-state index is 0.486. The first kappa shape index (κ1) is 7.56. The first-order valence-corrected chi connectivity index (χ1v) is 4.72. The van der Waals surface area contributed by atoms with E-state index in [-0.39, 0.29) is 0 Å². The second-order valence-electron chi connectivity index (χ2n) is 4.34. The van der Waals surface area contributed by atoms with Crippen LogP contribution in [0.3, 0.4) is 0 Å². The molecule has 2 saturated carbocycles. The molecule has 0 aromatic rings. The van der Waals surface area contributed by atoms with Gasteiger partial charge < -0.3 is 11.5 Å². The minimum Gasteiger partial charge on any atom is -0.330 e. The van der Waals surface area contributed by atoms with Crippen LogP contribution in [0.15, 0.2) is 0 Å². The van der Waals surface area contributed by atoms with Gasteiger partial charge in [-0.3, -0.25) is 0 Å². The summed E-state index contributed by atoms with van der Waals surface area (Å²) in [5, 5.41) is 0. The van der Waals surface area contributed by atoms with Crippen molar-refractivity contribution in [2.45, 2.75) is 38.1 Å².